The second-order valence-electron chi connectivity index (χ2n) is 10.2. The number of hydrogen-bond acceptors (Lipinski definition) is 5. The molecule has 3 aliphatic rings. The molecule has 1 atom stereocenters. The SMILES string of the molecule is CNC1(C(=O)N[C@H](C(=O)N2CCc3cc(=O)n(Cc4ccc(F)cc4)cc32)C2CCCCC2)COC1. The van der Waals surface area contributed by atoms with Gasteiger partial charge in [-0.25, -0.2) is 4.39 Å². The van der Waals surface area contributed by atoms with E-state index in [2.05, 4.69) is 10.6 Å². The number of halogens is 1. The lowest BCUT2D eigenvalue weighted by Crippen LogP contribution is -2.70. The van der Waals surface area contributed by atoms with Gasteiger partial charge in [-0.2, -0.15) is 0 Å². The van der Waals surface area contributed by atoms with E-state index < -0.39 is 11.6 Å². The molecule has 8 nitrogen and oxygen atoms in total. The van der Waals surface area contributed by atoms with Crippen molar-refractivity contribution in [3.8, 4) is 0 Å². The highest BCUT2D eigenvalue weighted by atomic mass is 19.1. The Kier molecular flexibility index (Phi) is 6.94. The largest absolute Gasteiger partial charge is 0.376 e. The van der Waals surface area contributed by atoms with Crippen LogP contribution in [0.4, 0.5) is 10.1 Å². The number of aromatic nitrogens is 1. The van der Waals surface area contributed by atoms with Gasteiger partial charge in [0.2, 0.25) is 11.8 Å². The summed E-state index contributed by atoms with van der Waals surface area (Å²) in [5.41, 5.74) is 1.36. The van der Waals surface area contributed by atoms with Gasteiger partial charge < -0.3 is 24.8 Å². The van der Waals surface area contributed by atoms with Gasteiger partial charge in [0, 0.05) is 18.8 Å². The first-order chi connectivity index (χ1) is 17.4. The molecule has 1 saturated heterocycles. The number of rotatable bonds is 7. The first-order valence-corrected chi connectivity index (χ1v) is 12.8. The van der Waals surface area contributed by atoms with E-state index in [4.69, 9.17) is 4.74 Å². The van der Waals surface area contributed by atoms with Crippen LogP contribution >= 0.6 is 0 Å². The van der Waals surface area contributed by atoms with Crippen molar-refractivity contribution in [3.05, 3.63) is 63.8 Å². The molecule has 1 aliphatic carbocycles. The van der Waals surface area contributed by atoms with Crippen LogP contribution < -0.4 is 21.1 Å². The van der Waals surface area contributed by atoms with Crippen LogP contribution in [0.25, 0.3) is 0 Å². The Bertz CT molecular complexity index is 1180. The van der Waals surface area contributed by atoms with Crippen molar-refractivity contribution in [2.75, 3.05) is 31.7 Å². The fourth-order valence-corrected chi connectivity index (χ4v) is 5.53. The third-order valence-electron chi connectivity index (χ3n) is 7.90. The van der Waals surface area contributed by atoms with Crippen molar-refractivity contribution in [1.29, 1.82) is 0 Å². The van der Waals surface area contributed by atoms with E-state index in [0.29, 0.717) is 18.7 Å². The van der Waals surface area contributed by atoms with Gasteiger partial charge in [0.1, 0.15) is 17.4 Å². The van der Waals surface area contributed by atoms with Crippen LogP contribution in [0.15, 0.2) is 41.3 Å². The molecule has 2 N–H and O–H groups in total. The maximum atomic E-state index is 14.0. The average molecular weight is 497 g/mol. The number of pyridine rings is 1. The zero-order chi connectivity index (χ0) is 25.3. The Morgan fingerprint density at radius 3 is 2.53 bits per heavy atom. The summed E-state index contributed by atoms with van der Waals surface area (Å²) < 4.78 is 20.2. The number of likely N-dealkylation sites (N-methyl/N-ethyl adjacent to an activating group) is 1. The van der Waals surface area contributed by atoms with E-state index in [0.717, 1.165) is 43.2 Å². The van der Waals surface area contributed by atoms with Gasteiger partial charge in [0.15, 0.2) is 0 Å². The van der Waals surface area contributed by atoms with Crippen molar-refractivity contribution in [2.45, 2.75) is 56.7 Å². The fourth-order valence-electron chi connectivity index (χ4n) is 5.53. The molecule has 2 amide bonds. The van der Waals surface area contributed by atoms with Crippen LogP contribution in [-0.4, -0.2) is 54.8 Å². The summed E-state index contributed by atoms with van der Waals surface area (Å²) in [6, 6.07) is 6.98. The number of fused-ring (bicyclic) bond motifs is 1. The minimum absolute atomic E-state index is 0.0688. The summed E-state index contributed by atoms with van der Waals surface area (Å²) in [6.07, 6.45) is 7.32. The van der Waals surface area contributed by atoms with E-state index in [1.165, 1.54) is 12.1 Å². The van der Waals surface area contributed by atoms with E-state index in [1.54, 1.807) is 40.9 Å². The minimum atomic E-state index is -0.800. The van der Waals surface area contributed by atoms with Crippen LogP contribution in [-0.2, 0) is 27.3 Å². The minimum Gasteiger partial charge on any atom is -0.376 e. The monoisotopic (exact) mass is 496 g/mol. The summed E-state index contributed by atoms with van der Waals surface area (Å²) in [4.78, 5) is 41.7. The number of nitrogens with zero attached hydrogens (tertiary/aromatic N) is 2. The third-order valence-corrected chi connectivity index (χ3v) is 7.90. The molecule has 0 unspecified atom stereocenters. The Hall–Kier alpha value is -3.04. The molecule has 9 heteroatoms. The number of benzene rings is 1. The van der Waals surface area contributed by atoms with Crippen LogP contribution in [0, 0.1) is 11.7 Å². The lowest BCUT2D eigenvalue weighted by atomic mass is 9.82. The predicted octanol–water partition coefficient (Wildman–Crippen LogP) is 1.98. The van der Waals surface area contributed by atoms with Gasteiger partial charge in [-0.05, 0) is 55.5 Å². The number of anilines is 1. The molecule has 0 spiro atoms. The number of nitrogens with one attached hydrogen (secondary N) is 2. The summed E-state index contributed by atoms with van der Waals surface area (Å²) >= 11 is 0. The molecule has 3 heterocycles. The van der Waals surface area contributed by atoms with E-state index >= 15 is 0 Å². The number of hydrogen-bond donors (Lipinski definition) is 2. The van der Waals surface area contributed by atoms with Gasteiger partial charge in [0.25, 0.3) is 5.56 Å². The summed E-state index contributed by atoms with van der Waals surface area (Å²) in [5.74, 6) is -0.603. The van der Waals surface area contributed by atoms with Gasteiger partial charge in [-0.1, -0.05) is 31.4 Å². The van der Waals surface area contributed by atoms with Gasteiger partial charge in [-0.3, -0.25) is 14.4 Å². The quantitative estimate of drug-likeness (QED) is 0.612. The molecule has 2 aliphatic heterocycles. The molecule has 1 aromatic carbocycles. The summed E-state index contributed by atoms with van der Waals surface area (Å²) in [7, 11) is 1.73. The fraction of sp³-hybridized carbons (Fsp3) is 0.519. The number of carbonyl (C=O) groups is 2. The molecule has 1 aromatic heterocycles. The molecule has 192 valence electrons. The third kappa shape index (κ3) is 4.69. The lowest BCUT2D eigenvalue weighted by Gasteiger charge is -2.41. The smallest absolute Gasteiger partial charge is 0.251 e. The molecule has 2 fully saturated rings. The lowest BCUT2D eigenvalue weighted by molar-refractivity contribution is -0.150. The van der Waals surface area contributed by atoms with Crippen molar-refractivity contribution >= 4 is 17.5 Å². The zero-order valence-electron chi connectivity index (χ0n) is 20.6. The van der Waals surface area contributed by atoms with Crippen LogP contribution in [0.3, 0.4) is 0 Å². The normalized spacial score (nSPS) is 19.9. The standard InChI is InChI=1S/C27H33FN4O4/c1-29-27(16-36-17-27)26(35)30-24(19-5-3-2-4-6-19)25(34)32-12-11-20-13-23(33)31(15-22(20)32)14-18-7-9-21(28)10-8-18/h7-10,13,15,19,24,29H,2-6,11-12,14,16-17H2,1H3,(H,30,35)/t24-/m0/s1. The molecule has 5 rings (SSSR count). The Morgan fingerprint density at radius 2 is 1.89 bits per heavy atom. The highest BCUT2D eigenvalue weighted by molar-refractivity contribution is 6.02. The number of amides is 2. The summed E-state index contributed by atoms with van der Waals surface area (Å²) in [5, 5.41) is 6.15. The maximum absolute atomic E-state index is 14.0. The highest BCUT2D eigenvalue weighted by Crippen LogP contribution is 2.32. The zero-order valence-corrected chi connectivity index (χ0v) is 20.6. The van der Waals surface area contributed by atoms with Crippen molar-refractivity contribution in [3.63, 3.8) is 0 Å². The molecule has 1 saturated carbocycles. The molecular formula is C27H33FN4O4. The van der Waals surface area contributed by atoms with Gasteiger partial charge in [-0.15, -0.1) is 0 Å². The van der Waals surface area contributed by atoms with Crippen molar-refractivity contribution < 1.29 is 18.7 Å². The topological polar surface area (TPSA) is 92.7 Å². The van der Waals surface area contributed by atoms with Crippen molar-refractivity contribution in [1.82, 2.24) is 15.2 Å². The Morgan fingerprint density at radius 1 is 1.17 bits per heavy atom. The molecule has 36 heavy (non-hydrogen) atoms. The second kappa shape index (κ2) is 10.1. The van der Waals surface area contributed by atoms with E-state index in [1.807, 2.05) is 0 Å². The maximum Gasteiger partial charge on any atom is 0.251 e. The van der Waals surface area contributed by atoms with Crippen LogP contribution in [0.2, 0.25) is 0 Å². The molecule has 0 radical (unpaired) electrons. The van der Waals surface area contributed by atoms with Gasteiger partial charge in [0.05, 0.1) is 25.4 Å². The van der Waals surface area contributed by atoms with Crippen LogP contribution in [0.1, 0.15) is 43.2 Å². The van der Waals surface area contributed by atoms with Gasteiger partial charge >= 0.3 is 0 Å². The average Bonchev–Trinajstić information content (AvgIpc) is 3.26. The van der Waals surface area contributed by atoms with E-state index in [9.17, 15) is 18.8 Å². The summed E-state index contributed by atoms with van der Waals surface area (Å²) in [6.45, 7) is 1.31. The van der Waals surface area contributed by atoms with Crippen LogP contribution in [0.5, 0.6) is 0 Å². The van der Waals surface area contributed by atoms with Crippen molar-refractivity contribution in [2.24, 2.45) is 5.92 Å². The Balaban J connectivity index is 1.41. The molecule has 2 aromatic rings. The Labute approximate surface area is 209 Å². The first-order valence-electron chi connectivity index (χ1n) is 12.8. The number of carbonyl (C=O) groups excluding carboxylic acids is 2. The molecular weight excluding hydrogens is 463 g/mol. The highest BCUT2D eigenvalue weighted by Gasteiger charge is 2.47. The predicted molar refractivity (Wildman–Crippen MR) is 133 cm³/mol. The second-order valence-corrected chi connectivity index (χ2v) is 10.2. The molecule has 0 bridgehead atoms. The first kappa shape index (κ1) is 24.6. The van der Waals surface area contributed by atoms with E-state index in [-0.39, 0.29) is 48.9 Å². The number of ether oxygens (including phenoxy) is 1.